The molecule has 2 atom stereocenters. The smallest absolute Gasteiger partial charge is 0.160 e. The second-order valence-corrected chi connectivity index (χ2v) is 6.24. The lowest BCUT2D eigenvalue weighted by atomic mass is 10.2. The summed E-state index contributed by atoms with van der Waals surface area (Å²) in [5, 5.41) is 11.4. The summed E-state index contributed by atoms with van der Waals surface area (Å²) in [6, 6.07) is 10.9. The van der Waals surface area contributed by atoms with Crippen LogP contribution in [0.2, 0.25) is 0 Å². The quantitative estimate of drug-likeness (QED) is 0.729. The molecule has 0 aliphatic heterocycles. The lowest BCUT2D eigenvalue weighted by Gasteiger charge is -2.15. The number of fused-ring (bicyclic) bond motifs is 1. The number of rotatable bonds is 6. The Balaban J connectivity index is 1.28. The third-order valence-electron chi connectivity index (χ3n) is 4.56. The van der Waals surface area contributed by atoms with E-state index in [1.165, 1.54) is 5.56 Å². The zero-order valence-electron chi connectivity index (χ0n) is 13.5. The summed E-state index contributed by atoms with van der Waals surface area (Å²) in [6.45, 7) is 0.779. The van der Waals surface area contributed by atoms with E-state index in [0.717, 1.165) is 49.1 Å². The molecule has 1 aliphatic rings. The van der Waals surface area contributed by atoms with Crippen molar-refractivity contribution in [2.24, 2.45) is 0 Å². The second-order valence-electron chi connectivity index (χ2n) is 6.24. The maximum absolute atomic E-state index is 6.06. The average molecular weight is 323 g/mol. The number of nitrogens with zero attached hydrogens (tertiary/aromatic N) is 3. The van der Waals surface area contributed by atoms with Crippen LogP contribution in [-0.2, 0) is 11.2 Å². The number of ether oxygens (including phenoxy) is 1. The van der Waals surface area contributed by atoms with Crippen molar-refractivity contribution >= 4 is 16.9 Å². The number of aromatic amines is 1. The van der Waals surface area contributed by atoms with E-state index < -0.39 is 0 Å². The summed E-state index contributed by atoms with van der Waals surface area (Å²) in [7, 11) is 0. The third kappa shape index (κ3) is 3.38. The second kappa shape index (κ2) is 6.97. The van der Waals surface area contributed by atoms with Crippen molar-refractivity contribution in [2.45, 2.75) is 37.8 Å². The number of aromatic nitrogens is 4. The lowest BCUT2D eigenvalue weighted by Crippen LogP contribution is -2.19. The molecule has 6 heteroatoms. The van der Waals surface area contributed by atoms with Crippen molar-refractivity contribution in [3.8, 4) is 0 Å². The largest absolute Gasteiger partial charge is 0.378 e. The predicted molar refractivity (Wildman–Crippen MR) is 92.8 cm³/mol. The van der Waals surface area contributed by atoms with Gasteiger partial charge in [-0.3, -0.25) is 5.10 Å². The fourth-order valence-electron chi connectivity index (χ4n) is 3.28. The van der Waals surface area contributed by atoms with Gasteiger partial charge in [0.15, 0.2) is 5.65 Å². The highest BCUT2D eigenvalue weighted by Gasteiger charge is 2.26. The predicted octanol–water partition coefficient (Wildman–Crippen LogP) is 2.95. The molecule has 0 bridgehead atoms. The number of hydrogen-bond donors (Lipinski definition) is 2. The molecule has 2 aromatic heterocycles. The molecule has 1 saturated carbocycles. The molecule has 6 nitrogen and oxygen atoms in total. The van der Waals surface area contributed by atoms with Gasteiger partial charge < -0.3 is 10.1 Å². The van der Waals surface area contributed by atoms with Crippen molar-refractivity contribution in [3.63, 3.8) is 0 Å². The van der Waals surface area contributed by atoms with Gasteiger partial charge in [0, 0.05) is 6.04 Å². The Labute approximate surface area is 140 Å². The van der Waals surface area contributed by atoms with Crippen LogP contribution in [0.1, 0.15) is 24.8 Å². The Morgan fingerprint density at radius 2 is 2.08 bits per heavy atom. The van der Waals surface area contributed by atoms with Gasteiger partial charge in [-0.2, -0.15) is 5.10 Å². The number of H-pyrrole nitrogens is 1. The van der Waals surface area contributed by atoms with Gasteiger partial charge in [-0.05, 0) is 31.2 Å². The van der Waals surface area contributed by atoms with Crippen molar-refractivity contribution in [2.75, 3.05) is 11.9 Å². The molecule has 0 spiro atoms. The first-order valence-electron chi connectivity index (χ1n) is 8.44. The van der Waals surface area contributed by atoms with Gasteiger partial charge in [0.1, 0.15) is 12.1 Å². The van der Waals surface area contributed by atoms with Crippen molar-refractivity contribution in [1.29, 1.82) is 0 Å². The van der Waals surface area contributed by atoms with Gasteiger partial charge in [-0.25, -0.2) is 9.97 Å². The number of anilines is 1. The molecule has 2 heterocycles. The standard InChI is InChI=1S/C18H21N5O/c1-2-4-13(5-3-1)8-9-24-15-7-6-14(10-15)22-17-16-11-21-23-18(16)20-12-19-17/h1-5,11-12,14-15H,6-10H2,(H2,19,20,21,22,23). The zero-order chi connectivity index (χ0) is 16.2. The molecule has 2 unspecified atom stereocenters. The lowest BCUT2D eigenvalue weighted by molar-refractivity contribution is 0.0601. The summed E-state index contributed by atoms with van der Waals surface area (Å²) >= 11 is 0. The maximum Gasteiger partial charge on any atom is 0.160 e. The minimum Gasteiger partial charge on any atom is -0.378 e. The van der Waals surface area contributed by atoms with Crippen LogP contribution in [0.15, 0.2) is 42.9 Å². The maximum atomic E-state index is 6.06. The summed E-state index contributed by atoms with van der Waals surface area (Å²) in [4.78, 5) is 8.51. The van der Waals surface area contributed by atoms with Crippen LogP contribution >= 0.6 is 0 Å². The van der Waals surface area contributed by atoms with Crippen molar-refractivity contribution in [3.05, 3.63) is 48.4 Å². The van der Waals surface area contributed by atoms with Crippen LogP contribution in [-0.4, -0.2) is 38.9 Å². The normalized spacial score (nSPS) is 20.5. The molecule has 2 N–H and O–H groups in total. The van der Waals surface area contributed by atoms with E-state index in [4.69, 9.17) is 4.74 Å². The Bertz CT molecular complexity index is 788. The highest BCUT2D eigenvalue weighted by atomic mass is 16.5. The Morgan fingerprint density at radius 3 is 3.00 bits per heavy atom. The van der Waals surface area contributed by atoms with Crippen LogP contribution in [0.25, 0.3) is 11.0 Å². The van der Waals surface area contributed by atoms with E-state index in [1.807, 2.05) is 6.07 Å². The minimum absolute atomic E-state index is 0.327. The monoisotopic (exact) mass is 323 g/mol. The minimum atomic E-state index is 0.327. The van der Waals surface area contributed by atoms with Crippen LogP contribution in [0.3, 0.4) is 0 Å². The van der Waals surface area contributed by atoms with Crippen LogP contribution < -0.4 is 5.32 Å². The summed E-state index contributed by atoms with van der Waals surface area (Å²) < 4.78 is 6.06. The van der Waals surface area contributed by atoms with E-state index >= 15 is 0 Å². The van der Waals surface area contributed by atoms with Crippen molar-refractivity contribution < 1.29 is 4.74 Å². The first-order chi connectivity index (χ1) is 11.9. The first-order valence-corrected chi connectivity index (χ1v) is 8.44. The molecule has 0 saturated heterocycles. The molecule has 24 heavy (non-hydrogen) atoms. The molecular weight excluding hydrogens is 302 g/mol. The molecule has 124 valence electrons. The molecule has 0 amide bonds. The fourth-order valence-corrected chi connectivity index (χ4v) is 3.28. The summed E-state index contributed by atoms with van der Waals surface area (Å²) in [5.41, 5.74) is 2.09. The van der Waals surface area contributed by atoms with E-state index in [2.05, 4.69) is 49.7 Å². The van der Waals surface area contributed by atoms with Gasteiger partial charge in [-0.15, -0.1) is 0 Å². The van der Waals surface area contributed by atoms with Crippen LogP contribution in [0, 0.1) is 0 Å². The Hall–Kier alpha value is -2.47. The van der Waals surface area contributed by atoms with E-state index in [-0.39, 0.29) is 0 Å². The summed E-state index contributed by atoms with van der Waals surface area (Å²) in [5.74, 6) is 0.851. The molecular formula is C18H21N5O. The van der Waals surface area contributed by atoms with Crippen LogP contribution in [0.4, 0.5) is 5.82 Å². The topological polar surface area (TPSA) is 75.7 Å². The first kappa shape index (κ1) is 15.1. The number of nitrogens with one attached hydrogen (secondary N) is 2. The molecule has 1 aliphatic carbocycles. The van der Waals surface area contributed by atoms with Gasteiger partial charge >= 0.3 is 0 Å². The summed E-state index contributed by atoms with van der Waals surface area (Å²) in [6.07, 6.45) is 7.82. The zero-order valence-corrected chi connectivity index (χ0v) is 13.5. The molecule has 1 fully saturated rings. The SMILES string of the molecule is c1ccc(CCOC2CCC(Nc3ncnc4[nH]ncc34)C2)cc1. The number of benzene rings is 1. The van der Waals surface area contributed by atoms with Gasteiger partial charge in [0.05, 0.1) is 24.3 Å². The van der Waals surface area contributed by atoms with Gasteiger partial charge in [0.25, 0.3) is 0 Å². The van der Waals surface area contributed by atoms with E-state index in [0.29, 0.717) is 12.1 Å². The molecule has 3 aromatic rings. The van der Waals surface area contributed by atoms with Gasteiger partial charge in [0.2, 0.25) is 0 Å². The third-order valence-corrected chi connectivity index (χ3v) is 4.56. The highest BCUT2D eigenvalue weighted by molar-refractivity contribution is 5.85. The molecule has 1 aromatic carbocycles. The Morgan fingerprint density at radius 1 is 1.17 bits per heavy atom. The van der Waals surface area contributed by atoms with Crippen LogP contribution in [0.5, 0.6) is 0 Å². The highest BCUT2D eigenvalue weighted by Crippen LogP contribution is 2.27. The van der Waals surface area contributed by atoms with E-state index in [9.17, 15) is 0 Å². The average Bonchev–Trinajstić information content (AvgIpc) is 3.26. The Kier molecular flexibility index (Phi) is 4.38. The van der Waals surface area contributed by atoms with E-state index in [1.54, 1.807) is 12.5 Å². The number of hydrogen-bond acceptors (Lipinski definition) is 5. The van der Waals surface area contributed by atoms with Crippen molar-refractivity contribution in [1.82, 2.24) is 20.2 Å². The fraction of sp³-hybridized carbons (Fsp3) is 0.389. The van der Waals surface area contributed by atoms with Gasteiger partial charge in [-0.1, -0.05) is 30.3 Å². The molecule has 4 rings (SSSR count). The molecule has 0 radical (unpaired) electrons.